The van der Waals surface area contributed by atoms with Crippen LogP contribution >= 0.6 is 11.3 Å². The van der Waals surface area contributed by atoms with E-state index in [1.54, 1.807) is 11.3 Å². The lowest BCUT2D eigenvalue weighted by molar-refractivity contribution is 0.0938. The Morgan fingerprint density at radius 2 is 1.86 bits per heavy atom. The van der Waals surface area contributed by atoms with Crippen molar-refractivity contribution in [2.75, 3.05) is 19.6 Å². The molecule has 1 aliphatic heterocycles. The molecule has 0 aliphatic carbocycles. The molecule has 1 saturated heterocycles. The van der Waals surface area contributed by atoms with Gasteiger partial charge in [-0.15, -0.1) is 11.3 Å². The van der Waals surface area contributed by atoms with Crippen molar-refractivity contribution in [3.05, 3.63) is 75.7 Å². The first kappa shape index (κ1) is 19.0. The van der Waals surface area contributed by atoms with Gasteiger partial charge < -0.3 is 9.88 Å². The molecule has 146 valence electrons. The highest BCUT2D eigenvalue weighted by Gasteiger charge is 2.25. The Morgan fingerprint density at radius 1 is 1.11 bits per heavy atom. The van der Waals surface area contributed by atoms with Gasteiger partial charge in [-0.3, -0.25) is 9.69 Å². The largest absolute Gasteiger partial charge is 0.350 e. The molecule has 3 heterocycles. The maximum atomic E-state index is 13.0. The Bertz CT molecular complexity index is 924. The predicted octanol–water partition coefficient (Wildman–Crippen LogP) is 4.72. The van der Waals surface area contributed by atoms with E-state index in [1.807, 2.05) is 31.2 Å². The second-order valence-corrected chi connectivity index (χ2v) is 8.42. The van der Waals surface area contributed by atoms with Gasteiger partial charge in [0.1, 0.15) is 0 Å². The summed E-state index contributed by atoms with van der Waals surface area (Å²) in [6.45, 7) is 6.94. The van der Waals surface area contributed by atoms with Gasteiger partial charge in [-0.25, -0.2) is 0 Å². The topological polar surface area (TPSA) is 37.3 Å². The SMILES string of the molecule is Cc1cc(C(=O)NCC(c2cccs2)N2CCCC2)c(C)n1-c1ccccc1. The standard InChI is InChI=1S/C23H27N3OS/c1-17-15-20(18(2)26(17)19-9-4-3-5-10-19)23(27)24-16-21(22-11-8-14-28-22)25-12-6-7-13-25/h3-5,8-11,14-15,21H,6-7,12-13,16H2,1-2H3,(H,24,27). The number of thiophene rings is 1. The van der Waals surface area contributed by atoms with Crippen molar-refractivity contribution < 1.29 is 4.79 Å². The molecule has 0 bridgehead atoms. The smallest absolute Gasteiger partial charge is 0.253 e. The Balaban J connectivity index is 1.52. The number of benzene rings is 1. The van der Waals surface area contributed by atoms with E-state index >= 15 is 0 Å². The van der Waals surface area contributed by atoms with Gasteiger partial charge in [0, 0.05) is 28.5 Å². The van der Waals surface area contributed by atoms with Gasteiger partial charge in [-0.1, -0.05) is 24.3 Å². The van der Waals surface area contributed by atoms with Crippen LogP contribution in [0.4, 0.5) is 0 Å². The van der Waals surface area contributed by atoms with E-state index in [4.69, 9.17) is 0 Å². The second kappa shape index (κ2) is 8.33. The number of hydrogen-bond donors (Lipinski definition) is 1. The summed E-state index contributed by atoms with van der Waals surface area (Å²) in [6, 6.07) is 16.7. The summed E-state index contributed by atoms with van der Waals surface area (Å²) in [5, 5.41) is 5.33. The highest BCUT2D eigenvalue weighted by molar-refractivity contribution is 7.10. The maximum Gasteiger partial charge on any atom is 0.253 e. The zero-order chi connectivity index (χ0) is 19.5. The molecular weight excluding hydrogens is 366 g/mol. The minimum absolute atomic E-state index is 0.0102. The second-order valence-electron chi connectivity index (χ2n) is 7.44. The van der Waals surface area contributed by atoms with Gasteiger partial charge in [0.25, 0.3) is 5.91 Å². The van der Waals surface area contributed by atoms with Crippen molar-refractivity contribution in [2.45, 2.75) is 32.7 Å². The first-order valence-electron chi connectivity index (χ1n) is 9.95. The molecule has 2 aromatic heterocycles. The zero-order valence-electron chi connectivity index (χ0n) is 16.5. The number of carbonyl (C=O) groups is 1. The first-order chi connectivity index (χ1) is 13.6. The van der Waals surface area contributed by atoms with Crippen molar-refractivity contribution in [3.8, 4) is 5.69 Å². The van der Waals surface area contributed by atoms with Crippen LogP contribution in [0.5, 0.6) is 0 Å². The van der Waals surface area contributed by atoms with Crippen LogP contribution in [0.2, 0.25) is 0 Å². The minimum atomic E-state index is 0.0102. The van der Waals surface area contributed by atoms with Gasteiger partial charge in [0.05, 0.1) is 11.6 Å². The molecule has 1 N–H and O–H groups in total. The highest BCUT2D eigenvalue weighted by Crippen LogP contribution is 2.28. The predicted molar refractivity (Wildman–Crippen MR) is 115 cm³/mol. The van der Waals surface area contributed by atoms with Crippen molar-refractivity contribution in [2.24, 2.45) is 0 Å². The van der Waals surface area contributed by atoms with Crippen molar-refractivity contribution in [1.82, 2.24) is 14.8 Å². The van der Waals surface area contributed by atoms with Crippen LogP contribution in [-0.2, 0) is 0 Å². The third-order valence-electron chi connectivity index (χ3n) is 5.60. The van der Waals surface area contributed by atoms with Crippen molar-refractivity contribution >= 4 is 17.2 Å². The highest BCUT2D eigenvalue weighted by atomic mass is 32.1. The monoisotopic (exact) mass is 393 g/mol. The average molecular weight is 394 g/mol. The average Bonchev–Trinajstić information content (AvgIpc) is 3.45. The normalized spacial score (nSPS) is 15.6. The van der Waals surface area contributed by atoms with Gasteiger partial charge in [0.2, 0.25) is 0 Å². The molecule has 4 nitrogen and oxygen atoms in total. The fraction of sp³-hybridized carbons (Fsp3) is 0.348. The fourth-order valence-electron chi connectivity index (χ4n) is 4.20. The molecule has 0 radical (unpaired) electrons. The third kappa shape index (κ3) is 3.77. The zero-order valence-corrected chi connectivity index (χ0v) is 17.3. The van der Waals surface area contributed by atoms with Crippen LogP contribution in [0.1, 0.15) is 45.5 Å². The van der Waals surface area contributed by atoms with E-state index in [0.29, 0.717) is 6.54 Å². The quantitative estimate of drug-likeness (QED) is 0.658. The molecular formula is C23H27N3OS. The number of para-hydroxylation sites is 1. The molecule has 4 rings (SSSR count). The summed E-state index contributed by atoms with van der Waals surface area (Å²) >= 11 is 1.78. The van der Waals surface area contributed by atoms with Crippen LogP contribution in [0.15, 0.2) is 53.9 Å². The first-order valence-corrected chi connectivity index (χ1v) is 10.8. The molecule has 1 atom stereocenters. The summed E-state index contributed by atoms with van der Waals surface area (Å²) in [7, 11) is 0. The Labute approximate surface area is 170 Å². The summed E-state index contributed by atoms with van der Waals surface area (Å²) in [6.07, 6.45) is 2.49. The van der Waals surface area contributed by atoms with Gasteiger partial charge in [0.15, 0.2) is 0 Å². The molecule has 0 spiro atoms. The van der Waals surface area contributed by atoms with E-state index in [0.717, 1.165) is 35.7 Å². The summed E-state index contributed by atoms with van der Waals surface area (Å²) < 4.78 is 2.14. The summed E-state index contributed by atoms with van der Waals surface area (Å²) in [5.41, 5.74) is 3.90. The van der Waals surface area contributed by atoms with Gasteiger partial charge in [-0.2, -0.15) is 0 Å². The molecule has 1 amide bonds. The number of rotatable bonds is 6. The molecule has 28 heavy (non-hydrogen) atoms. The minimum Gasteiger partial charge on any atom is -0.350 e. The fourth-order valence-corrected chi connectivity index (χ4v) is 5.06. The molecule has 3 aromatic rings. The van der Waals surface area contributed by atoms with Crippen LogP contribution in [-0.4, -0.2) is 35.0 Å². The van der Waals surface area contributed by atoms with E-state index in [-0.39, 0.29) is 11.9 Å². The van der Waals surface area contributed by atoms with Crippen LogP contribution in [0, 0.1) is 13.8 Å². The number of carbonyl (C=O) groups excluding carboxylic acids is 1. The molecule has 1 fully saturated rings. The van der Waals surface area contributed by atoms with Gasteiger partial charge >= 0.3 is 0 Å². The molecule has 5 heteroatoms. The molecule has 1 aliphatic rings. The lowest BCUT2D eigenvalue weighted by Crippen LogP contribution is -2.36. The lowest BCUT2D eigenvalue weighted by atomic mass is 10.2. The molecule has 1 unspecified atom stereocenters. The van der Waals surface area contributed by atoms with E-state index in [9.17, 15) is 4.79 Å². The Morgan fingerprint density at radius 3 is 2.54 bits per heavy atom. The van der Waals surface area contributed by atoms with Crippen LogP contribution in [0.3, 0.4) is 0 Å². The number of nitrogens with zero attached hydrogens (tertiary/aromatic N) is 2. The lowest BCUT2D eigenvalue weighted by Gasteiger charge is -2.27. The third-order valence-corrected chi connectivity index (χ3v) is 6.57. The van der Waals surface area contributed by atoms with E-state index in [1.165, 1.54) is 17.7 Å². The maximum absolute atomic E-state index is 13.0. The van der Waals surface area contributed by atoms with Crippen LogP contribution < -0.4 is 5.32 Å². The van der Waals surface area contributed by atoms with E-state index < -0.39 is 0 Å². The van der Waals surface area contributed by atoms with E-state index in [2.05, 4.69) is 51.4 Å². The molecule has 0 saturated carbocycles. The number of aryl methyl sites for hydroxylation is 1. The molecule has 1 aromatic carbocycles. The number of amides is 1. The van der Waals surface area contributed by atoms with Crippen LogP contribution in [0.25, 0.3) is 5.69 Å². The van der Waals surface area contributed by atoms with Crippen molar-refractivity contribution in [1.29, 1.82) is 0 Å². The number of aromatic nitrogens is 1. The van der Waals surface area contributed by atoms with Crippen molar-refractivity contribution in [3.63, 3.8) is 0 Å². The number of nitrogens with one attached hydrogen (secondary N) is 1. The number of hydrogen-bond acceptors (Lipinski definition) is 3. The Kier molecular flexibility index (Phi) is 5.64. The summed E-state index contributed by atoms with van der Waals surface area (Å²) in [4.78, 5) is 16.8. The number of likely N-dealkylation sites (tertiary alicyclic amines) is 1. The van der Waals surface area contributed by atoms with Gasteiger partial charge in [-0.05, 0) is 69.4 Å². The summed E-state index contributed by atoms with van der Waals surface area (Å²) in [5.74, 6) is 0.0102. The Hall–Kier alpha value is -2.37.